The first-order valence-electron chi connectivity index (χ1n) is 6.48. The van der Waals surface area contributed by atoms with Gasteiger partial charge in [-0.25, -0.2) is 13.1 Å². The van der Waals surface area contributed by atoms with Crippen LogP contribution >= 0.6 is 0 Å². The molecule has 0 amide bonds. The summed E-state index contributed by atoms with van der Waals surface area (Å²) >= 11 is 0. The van der Waals surface area contributed by atoms with Gasteiger partial charge in [-0.2, -0.15) is 0 Å². The number of nitrogens with one attached hydrogen (secondary N) is 2. The molecule has 19 heavy (non-hydrogen) atoms. The van der Waals surface area contributed by atoms with Crippen LogP contribution in [-0.4, -0.2) is 28.1 Å². The van der Waals surface area contributed by atoms with Crippen molar-refractivity contribution in [2.24, 2.45) is 5.41 Å². The van der Waals surface area contributed by atoms with E-state index in [-0.39, 0.29) is 5.41 Å². The molecule has 0 aliphatic carbocycles. The van der Waals surface area contributed by atoms with Gasteiger partial charge in [0.15, 0.2) is 0 Å². The van der Waals surface area contributed by atoms with Crippen molar-refractivity contribution in [3.05, 3.63) is 29.8 Å². The summed E-state index contributed by atoms with van der Waals surface area (Å²) in [4.78, 5) is 0.314. The highest BCUT2D eigenvalue weighted by Gasteiger charge is 2.13. The predicted octanol–water partition coefficient (Wildman–Crippen LogP) is 1.91. The molecule has 108 valence electrons. The summed E-state index contributed by atoms with van der Waals surface area (Å²) in [6.45, 7) is 10.2. The third-order valence-corrected chi connectivity index (χ3v) is 4.06. The minimum Gasteiger partial charge on any atom is -0.315 e. The Bertz CT molecular complexity index is 487. The Morgan fingerprint density at radius 3 is 2.16 bits per heavy atom. The standard InChI is InChI=1S/C14H24N2O2S/c1-12-5-7-13(8-6-12)19(17,18)16-10-9-15-11-14(2,3)4/h5-8,15-16H,9-11H2,1-4H3. The molecule has 0 unspecified atom stereocenters. The number of aryl methyl sites for hydroxylation is 1. The van der Waals surface area contributed by atoms with Crippen molar-refractivity contribution < 1.29 is 8.42 Å². The van der Waals surface area contributed by atoms with Crippen LogP contribution in [0, 0.1) is 12.3 Å². The second-order valence-electron chi connectivity index (χ2n) is 5.95. The number of rotatable bonds is 6. The molecular formula is C14H24N2O2S. The van der Waals surface area contributed by atoms with Crippen LogP contribution in [0.2, 0.25) is 0 Å². The van der Waals surface area contributed by atoms with E-state index in [1.165, 1.54) is 0 Å². The van der Waals surface area contributed by atoms with Gasteiger partial charge >= 0.3 is 0 Å². The number of benzene rings is 1. The van der Waals surface area contributed by atoms with Gasteiger partial charge in [-0.1, -0.05) is 38.5 Å². The van der Waals surface area contributed by atoms with Gasteiger partial charge in [0.05, 0.1) is 4.90 Å². The van der Waals surface area contributed by atoms with Crippen molar-refractivity contribution in [3.63, 3.8) is 0 Å². The van der Waals surface area contributed by atoms with E-state index < -0.39 is 10.0 Å². The number of sulfonamides is 1. The zero-order chi connectivity index (χ0) is 14.5. The van der Waals surface area contributed by atoms with Gasteiger partial charge in [0.25, 0.3) is 0 Å². The molecule has 0 aliphatic heterocycles. The zero-order valence-corrected chi connectivity index (χ0v) is 13.0. The van der Waals surface area contributed by atoms with Crippen LogP contribution in [0.15, 0.2) is 29.2 Å². The maximum Gasteiger partial charge on any atom is 0.240 e. The van der Waals surface area contributed by atoms with Gasteiger partial charge < -0.3 is 5.32 Å². The molecule has 0 heterocycles. The highest BCUT2D eigenvalue weighted by atomic mass is 32.2. The van der Waals surface area contributed by atoms with E-state index in [1.807, 2.05) is 6.92 Å². The molecule has 0 bridgehead atoms. The first-order valence-corrected chi connectivity index (χ1v) is 7.96. The molecule has 1 rings (SSSR count). The maximum absolute atomic E-state index is 12.0. The minimum absolute atomic E-state index is 0.204. The van der Waals surface area contributed by atoms with Crippen LogP contribution < -0.4 is 10.0 Å². The van der Waals surface area contributed by atoms with Gasteiger partial charge in [0.2, 0.25) is 10.0 Å². The highest BCUT2D eigenvalue weighted by Crippen LogP contribution is 2.10. The Kier molecular flexibility index (Phi) is 5.52. The second-order valence-corrected chi connectivity index (χ2v) is 7.72. The normalized spacial score (nSPS) is 12.6. The van der Waals surface area contributed by atoms with Gasteiger partial charge in [-0.3, -0.25) is 0 Å². The van der Waals surface area contributed by atoms with Crippen molar-refractivity contribution in [2.45, 2.75) is 32.6 Å². The predicted molar refractivity (Wildman–Crippen MR) is 78.7 cm³/mol. The summed E-state index contributed by atoms with van der Waals surface area (Å²) < 4.78 is 26.5. The molecule has 1 aromatic rings. The molecule has 0 aliphatic rings. The van der Waals surface area contributed by atoms with Crippen LogP contribution in [-0.2, 0) is 10.0 Å². The molecule has 0 radical (unpaired) electrons. The fourth-order valence-corrected chi connectivity index (χ4v) is 2.57. The third-order valence-electron chi connectivity index (χ3n) is 2.58. The van der Waals surface area contributed by atoms with Gasteiger partial charge in [0.1, 0.15) is 0 Å². The fourth-order valence-electron chi connectivity index (χ4n) is 1.54. The molecule has 0 atom stereocenters. The Balaban J connectivity index is 2.42. The first kappa shape index (κ1) is 16.1. The summed E-state index contributed by atoms with van der Waals surface area (Å²) in [7, 11) is -3.38. The summed E-state index contributed by atoms with van der Waals surface area (Å²) in [5, 5.41) is 3.23. The molecule has 4 nitrogen and oxygen atoms in total. The minimum atomic E-state index is -3.38. The lowest BCUT2D eigenvalue weighted by Gasteiger charge is -2.18. The lowest BCUT2D eigenvalue weighted by Crippen LogP contribution is -2.35. The van der Waals surface area contributed by atoms with Crippen molar-refractivity contribution in [2.75, 3.05) is 19.6 Å². The molecule has 0 spiro atoms. The molecular weight excluding hydrogens is 260 g/mol. The number of hydrogen-bond acceptors (Lipinski definition) is 3. The van der Waals surface area contributed by atoms with Gasteiger partial charge in [-0.15, -0.1) is 0 Å². The van der Waals surface area contributed by atoms with E-state index in [4.69, 9.17) is 0 Å². The quantitative estimate of drug-likeness (QED) is 0.785. The van der Waals surface area contributed by atoms with Crippen LogP contribution in [0.5, 0.6) is 0 Å². The summed E-state index contributed by atoms with van der Waals surface area (Å²) in [6, 6.07) is 6.85. The lowest BCUT2D eigenvalue weighted by molar-refractivity contribution is 0.381. The Morgan fingerprint density at radius 1 is 1.05 bits per heavy atom. The highest BCUT2D eigenvalue weighted by molar-refractivity contribution is 7.89. The maximum atomic E-state index is 12.0. The van der Waals surface area contributed by atoms with E-state index in [2.05, 4.69) is 30.8 Å². The largest absolute Gasteiger partial charge is 0.315 e. The lowest BCUT2D eigenvalue weighted by atomic mass is 9.97. The molecule has 0 saturated heterocycles. The summed E-state index contributed by atoms with van der Waals surface area (Å²) in [5.41, 5.74) is 1.25. The average Bonchev–Trinajstić information content (AvgIpc) is 2.27. The van der Waals surface area contributed by atoms with Crippen LogP contribution in [0.3, 0.4) is 0 Å². The van der Waals surface area contributed by atoms with Gasteiger partial charge in [0, 0.05) is 19.6 Å². The van der Waals surface area contributed by atoms with Crippen molar-refractivity contribution >= 4 is 10.0 Å². The molecule has 2 N–H and O–H groups in total. The van der Waals surface area contributed by atoms with Crippen molar-refractivity contribution in [3.8, 4) is 0 Å². The van der Waals surface area contributed by atoms with Crippen molar-refractivity contribution in [1.82, 2.24) is 10.0 Å². The van der Waals surface area contributed by atoms with E-state index >= 15 is 0 Å². The summed E-state index contributed by atoms with van der Waals surface area (Å²) in [6.07, 6.45) is 0. The molecule has 1 aromatic carbocycles. The molecule has 0 saturated carbocycles. The monoisotopic (exact) mass is 284 g/mol. The zero-order valence-electron chi connectivity index (χ0n) is 12.2. The first-order chi connectivity index (χ1) is 8.71. The Labute approximate surface area is 116 Å². The van der Waals surface area contributed by atoms with E-state index in [0.29, 0.717) is 18.0 Å². The average molecular weight is 284 g/mol. The third kappa shape index (κ3) is 6.18. The smallest absolute Gasteiger partial charge is 0.240 e. The van der Waals surface area contributed by atoms with E-state index in [1.54, 1.807) is 24.3 Å². The van der Waals surface area contributed by atoms with Crippen molar-refractivity contribution in [1.29, 1.82) is 0 Å². The van der Waals surface area contributed by atoms with Crippen LogP contribution in [0.4, 0.5) is 0 Å². The second kappa shape index (κ2) is 6.50. The summed E-state index contributed by atoms with van der Waals surface area (Å²) in [5.74, 6) is 0. The van der Waals surface area contributed by atoms with E-state index in [9.17, 15) is 8.42 Å². The fraction of sp³-hybridized carbons (Fsp3) is 0.571. The molecule has 5 heteroatoms. The Morgan fingerprint density at radius 2 is 1.63 bits per heavy atom. The number of hydrogen-bond donors (Lipinski definition) is 2. The van der Waals surface area contributed by atoms with E-state index in [0.717, 1.165) is 12.1 Å². The topological polar surface area (TPSA) is 58.2 Å². The van der Waals surface area contributed by atoms with Crippen LogP contribution in [0.1, 0.15) is 26.3 Å². The molecule has 0 aromatic heterocycles. The Hall–Kier alpha value is -0.910. The van der Waals surface area contributed by atoms with Gasteiger partial charge in [-0.05, 0) is 24.5 Å². The SMILES string of the molecule is Cc1ccc(S(=O)(=O)NCCNCC(C)(C)C)cc1. The van der Waals surface area contributed by atoms with Crippen LogP contribution in [0.25, 0.3) is 0 Å². The molecule has 0 fully saturated rings.